The first-order chi connectivity index (χ1) is 5.90. The van der Waals surface area contributed by atoms with Crippen molar-refractivity contribution in [1.29, 1.82) is 0 Å². The molecule has 1 N–H and O–H groups in total. The standard InChI is InChI=1S/C9H14N2O/c1-10-5-8-6-11-9(12-8)7-3-2-4-7/h6-7,10H,2-5H2,1H3. The van der Waals surface area contributed by atoms with E-state index in [1.807, 2.05) is 13.2 Å². The van der Waals surface area contributed by atoms with Crippen LogP contribution in [0.15, 0.2) is 10.6 Å². The zero-order valence-electron chi connectivity index (χ0n) is 7.34. The van der Waals surface area contributed by atoms with Gasteiger partial charge in [-0.15, -0.1) is 0 Å². The summed E-state index contributed by atoms with van der Waals surface area (Å²) in [5, 5.41) is 3.04. The zero-order chi connectivity index (χ0) is 8.39. The normalized spacial score (nSPS) is 17.8. The molecule has 1 aliphatic carbocycles. The Kier molecular flexibility index (Phi) is 2.13. The van der Waals surface area contributed by atoms with Crippen LogP contribution in [0.3, 0.4) is 0 Å². The summed E-state index contributed by atoms with van der Waals surface area (Å²) in [6.07, 6.45) is 5.65. The molecule has 2 rings (SSSR count). The van der Waals surface area contributed by atoms with Crippen LogP contribution >= 0.6 is 0 Å². The van der Waals surface area contributed by atoms with Gasteiger partial charge in [-0.3, -0.25) is 0 Å². The quantitative estimate of drug-likeness (QED) is 0.742. The lowest BCUT2D eigenvalue weighted by atomic mass is 9.85. The molecular weight excluding hydrogens is 152 g/mol. The molecule has 1 fully saturated rings. The largest absolute Gasteiger partial charge is 0.444 e. The van der Waals surface area contributed by atoms with E-state index < -0.39 is 0 Å². The molecule has 0 unspecified atom stereocenters. The highest BCUT2D eigenvalue weighted by molar-refractivity contribution is 5.01. The lowest BCUT2D eigenvalue weighted by Gasteiger charge is -2.21. The van der Waals surface area contributed by atoms with Gasteiger partial charge in [0.25, 0.3) is 0 Å². The molecule has 3 nitrogen and oxygen atoms in total. The fourth-order valence-electron chi connectivity index (χ4n) is 1.42. The molecule has 1 saturated carbocycles. The van der Waals surface area contributed by atoms with Gasteiger partial charge in [0.2, 0.25) is 0 Å². The second kappa shape index (κ2) is 3.27. The predicted octanol–water partition coefficient (Wildman–Crippen LogP) is 1.66. The van der Waals surface area contributed by atoms with Gasteiger partial charge in [0.15, 0.2) is 5.89 Å². The van der Waals surface area contributed by atoms with E-state index in [0.29, 0.717) is 5.92 Å². The van der Waals surface area contributed by atoms with Gasteiger partial charge in [-0.25, -0.2) is 4.98 Å². The molecule has 1 aromatic rings. The zero-order valence-corrected chi connectivity index (χ0v) is 7.34. The highest BCUT2D eigenvalue weighted by atomic mass is 16.4. The number of nitrogens with zero attached hydrogens (tertiary/aromatic N) is 1. The van der Waals surface area contributed by atoms with E-state index in [0.717, 1.165) is 18.2 Å². The van der Waals surface area contributed by atoms with Crippen molar-refractivity contribution in [3.05, 3.63) is 17.8 Å². The maximum absolute atomic E-state index is 5.55. The SMILES string of the molecule is CNCc1cnc(C2CCC2)o1. The van der Waals surface area contributed by atoms with Crippen molar-refractivity contribution >= 4 is 0 Å². The van der Waals surface area contributed by atoms with Gasteiger partial charge in [-0.1, -0.05) is 6.42 Å². The van der Waals surface area contributed by atoms with Crippen LogP contribution in [0.4, 0.5) is 0 Å². The Balaban J connectivity index is 2.02. The van der Waals surface area contributed by atoms with Crippen molar-refractivity contribution in [1.82, 2.24) is 10.3 Å². The smallest absolute Gasteiger partial charge is 0.197 e. The molecule has 1 heterocycles. The second-order valence-electron chi connectivity index (χ2n) is 3.32. The third-order valence-electron chi connectivity index (χ3n) is 2.38. The van der Waals surface area contributed by atoms with E-state index in [1.54, 1.807) is 0 Å². The highest BCUT2D eigenvalue weighted by Gasteiger charge is 2.23. The maximum atomic E-state index is 5.55. The molecule has 0 amide bonds. The summed E-state index contributed by atoms with van der Waals surface area (Å²) >= 11 is 0. The minimum absolute atomic E-state index is 0.607. The molecule has 0 saturated heterocycles. The molecule has 12 heavy (non-hydrogen) atoms. The van der Waals surface area contributed by atoms with Gasteiger partial charge in [-0.05, 0) is 19.9 Å². The van der Waals surface area contributed by atoms with E-state index in [9.17, 15) is 0 Å². The molecule has 0 aromatic carbocycles. The third kappa shape index (κ3) is 1.37. The summed E-state index contributed by atoms with van der Waals surface area (Å²) in [6.45, 7) is 0.778. The Hall–Kier alpha value is -0.830. The molecule has 66 valence electrons. The number of nitrogens with one attached hydrogen (secondary N) is 1. The lowest BCUT2D eigenvalue weighted by Crippen LogP contribution is -2.08. The van der Waals surface area contributed by atoms with Crippen LogP contribution in [-0.4, -0.2) is 12.0 Å². The highest BCUT2D eigenvalue weighted by Crippen LogP contribution is 2.35. The molecule has 0 atom stereocenters. The van der Waals surface area contributed by atoms with Crippen LogP contribution in [0.25, 0.3) is 0 Å². The topological polar surface area (TPSA) is 38.1 Å². The summed E-state index contributed by atoms with van der Waals surface area (Å²) in [5.74, 6) is 2.49. The second-order valence-corrected chi connectivity index (χ2v) is 3.32. The van der Waals surface area contributed by atoms with E-state index in [1.165, 1.54) is 19.3 Å². The predicted molar refractivity (Wildman–Crippen MR) is 45.9 cm³/mol. The molecule has 0 aliphatic heterocycles. The Labute approximate surface area is 72.2 Å². The van der Waals surface area contributed by atoms with Crippen LogP contribution in [-0.2, 0) is 6.54 Å². The average Bonchev–Trinajstić information content (AvgIpc) is 2.34. The molecule has 1 aliphatic rings. The van der Waals surface area contributed by atoms with Crippen molar-refractivity contribution in [2.45, 2.75) is 31.7 Å². The monoisotopic (exact) mass is 166 g/mol. The van der Waals surface area contributed by atoms with Gasteiger partial charge in [0.1, 0.15) is 5.76 Å². The van der Waals surface area contributed by atoms with E-state index in [2.05, 4.69) is 10.3 Å². The van der Waals surface area contributed by atoms with Crippen LogP contribution in [0.1, 0.15) is 36.8 Å². The first-order valence-electron chi connectivity index (χ1n) is 4.49. The number of aromatic nitrogens is 1. The number of oxazole rings is 1. The molecule has 0 radical (unpaired) electrons. The van der Waals surface area contributed by atoms with E-state index in [-0.39, 0.29) is 0 Å². The number of rotatable bonds is 3. The van der Waals surface area contributed by atoms with Gasteiger partial charge in [-0.2, -0.15) is 0 Å². The fourth-order valence-corrected chi connectivity index (χ4v) is 1.42. The summed E-state index contributed by atoms with van der Waals surface area (Å²) in [4.78, 5) is 4.25. The first kappa shape index (κ1) is 7.80. The number of hydrogen-bond donors (Lipinski definition) is 1. The molecule has 1 aromatic heterocycles. The Morgan fingerprint density at radius 3 is 3.08 bits per heavy atom. The van der Waals surface area contributed by atoms with Gasteiger partial charge in [0, 0.05) is 5.92 Å². The van der Waals surface area contributed by atoms with Crippen LogP contribution in [0.5, 0.6) is 0 Å². The minimum atomic E-state index is 0.607. The summed E-state index contributed by atoms with van der Waals surface area (Å²) < 4.78 is 5.55. The van der Waals surface area contributed by atoms with E-state index >= 15 is 0 Å². The van der Waals surface area contributed by atoms with Crippen molar-refractivity contribution in [3.8, 4) is 0 Å². The molecule has 3 heteroatoms. The van der Waals surface area contributed by atoms with Crippen molar-refractivity contribution in [2.24, 2.45) is 0 Å². The average molecular weight is 166 g/mol. The van der Waals surface area contributed by atoms with Gasteiger partial charge in [0.05, 0.1) is 12.7 Å². The minimum Gasteiger partial charge on any atom is -0.444 e. The Bertz CT molecular complexity index is 253. The third-order valence-corrected chi connectivity index (χ3v) is 2.38. The summed E-state index contributed by atoms with van der Waals surface area (Å²) in [5.41, 5.74) is 0. The first-order valence-corrected chi connectivity index (χ1v) is 4.49. The fraction of sp³-hybridized carbons (Fsp3) is 0.667. The van der Waals surface area contributed by atoms with Gasteiger partial charge >= 0.3 is 0 Å². The lowest BCUT2D eigenvalue weighted by molar-refractivity contribution is 0.323. The Morgan fingerprint density at radius 1 is 1.67 bits per heavy atom. The van der Waals surface area contributed by atoms with Crippen LogP contribution < -0.4 is 5.32 Å². The summed E-state index contributed by atoms with van der Waals surface area (Å²) in [6, 6.07) is 0. The van der Waals surface area contributed by atoms with Crippen LogP contribution in [0, 0.1) is 0 Å². The maximum Gasteiger partial charge on any atom is 0.197 e. The number of hydrogen-bond acceptors (Lipinski definition) is 3. The van der Waals surface area contributed by atoms with Crippen molar-refractivity contribution in [2.75, 3.05) is 7.05 Å². The molecular formula is C9H14N2O. The Morgan fingerprint density at radius 2 is 2.50 bits per heavy atom. The van der Waals surface area contributed by atoms with Gasteiger partial charge < -0.3 is 9.73 Å². The van der Waals surface area contributed by atoms with Crippen LogP contribution in [0.2, 0.25) is 0 Å². The molecule has 0 bridgehead atoms. The molecule has 0 spiro atoms. The van der Waals surface area contributed by atoms with Crippen molar-refractivity contribution < 1.29 is 4.42 Å². The van der Waals surface area contributed by atoms with E-state index in [4.69, 9.17) is 4.42 Å². The summed E-state index contributed by atoms with van der Waals surface area (Å²) in [7, 11) is 1.91. The van der Waals surface area contributed by atoms with Crippen molar-refractivity contribution in [3.63, 3.8) is 0 Å².